The highest BCUT2D eigenvalue weighted by Gasteiger charge is 2.20. The van der Waals surface area contributed by atoms with E-state index < -0.39 is 16.1 Å². The lowest BCUT2D eigenvalue weighted by molar-refractivity contribution is -0.118. The van der Waals surface area contributed by atoms with E-state index in [4.69, 9.17) is 0 Å². The normalized spacial score (nSPS) is 12.1. The van der Waals surface area contributed by atoms with Crippen LogP contribution in [0.4, 0.5) is 11.4 Å². The molecule has 2 rings (SSSR count). The number of sulfonamides is 1. The molecule has 1 aromatic carbocycles. The van der Waals surface area contributed by atoms with Gasteiger partial charge in [0.05, 0.1) is 18.1 Å². The van der Waals surface area contributed by atoms with E-state index in [-0.39, 0.29) is 18.3 Å². The molecule has 0 bridgehead atoms. The molecule has 0 fully saturated rings. The van der Waals surface area contributed by atoms with Crippen molar-refractivity contribution in [3.63, 3.8) is 0 Å². The number of benzene rings is 1. The van der Waals surface area contributed by atoms with E-state index in [0.29, 0.717) is 11.4 Å². The second-order valence-corrected chi connectivity index (χ2v) is 6.86. The first-order chi connectivity index (χ1) is 10.8. The van der Waals surface area contributed by atoms with Crippen LogP contribution in [-0.4, -0.2) is 37.4 Å². The second kappa shape index (κ2) is 8.13. The van der Waals surface area contributed by atoms with Gasteiger partial charge in [-0.15, -0.1) is 12.4 Å². The Bertz CT molecular complexity index is 806. The number of likely N-dealkylation sites (N-methyl/N-ethyl adjacent to an activating group) is 1. The van der Waals surface area contributed by atoms with E-state index in [9.17, 15) is 13.2 Å². The molecule has 0 spiro atoms. The summed E-state index contributed by atoms with van der Waals surface area (Å²) in [5.41, 5.74) is 1.61. The molecule has 132 valence electrons. The number of hydrogen-bond donors (Lipinski definition) is 3. The van der Waals surface area contributed by atoms with E-state index in [0.717, 1.165) is 11.8 Å². The van der Waals surface area contributed by atoms with Crippen LogP contribution in [0.25, 0.3) is 0 Å². The SMILES string of the molecule is CNC(C(=O)Nc1cccc(NS(C)(=O)=O)c1)c1cnn(C)c1.Cl. The van der Waals surface area contributed by atoms with Crippen LogP contribution in [-0.2, 0) is 21.9 Å². The summed E-state index contributed by atoms with van der Waals surface area (Å²) in [5.74, 6) is -0.267. The van der Waals surface area contributed by atoms with Crippen molar-refractivity contribution in [3.05, 3.63) is 42.2 Å². The van der Waals surface area contributed by atoms with Crippen molar-refractivity contribution in [3.8, 4) is 0 Å². The molecule has 3 N–H and O–H groups in total. The van der Waals surface area contributed by atoms with Gasteiger partial charge in [0, 0.05) is 24.5 Å². The number of aromatic nitrogens is 2. The highest BCUT2D eigenvalue weighted by atomic mass is 35.5. The molecule has 1 amide bonds. The molecule has 0 aliphatic heterocycles. The van der Waals surface area contributed by atoms with Crippen LogP contribution in [0.15, 0.2) is 36.7 Å². The Morgan fingerprint density at radius 2 is 1.96 bits per heavy atom. The fourth-order valence-electron chi connectivity index (χ4n) is 2.13. The first kappa shape index (κ1) is 19.9. The Morgan fingerprint density at radius 3 is 2.50 bits per heavy atom. The largest absolute Gasteiger partial charge is 0.324 e. The maximum atomic E-state index is 12.4. The number of halogens is 1. The summed E-state index contributed by atoms with van der Waals surface area (Å²) in [6.45, 7) is 0. The van der Waals surface area contributed by atoms with Crippen LogP contribution >= 0.6 is 12.4 Å². The number of carbonyl (C=O) groups is 1. The lowest BCUT2D eigenvalue weighted by Crippen LogP contribution is -2.30. The molecule has 1 unspecified atom stereocenters. The first-order valence-electron chi connectivity index (χ1n) is 6.83. The molecule has 0 aliphatic rings. The number of nitrogens with one attached hydrogen (secondary N) is 3. The summed E-state index contributed by atoms with van der Waals surface area (Å²) in [4.78, 5) is 12.4. The maximum absolute atomic E-state index is 12.4. The first-order valence-corrected chi connectivity index (χ1v) is 8.72. The molecular formula is C14H20ClN5O3S. The van der Waals surface area contributed by atoms with E-state index in [1.165, 1.54) is 0 Å². The van der Waals surface area contributed by atoms with Crippen LogP contribution in [0, 0.1) is 0 Å². The Morgan fingerprint density at radius 1 is 1.29 bits per heavy atom. The summed E-state index contributed by atoms with van der Waals surface area (Å²) >= 11 is 0. The lowest BCUT2D eigenvalue weighted by atomic mass is 10.1. The Balaban J connectivity index is 0.00000288. The van der Waals surface area contributed by atoms with Crippen molar-refractivity contribution in [2.24, 2.45) is 7.05 Å². The van der Waals surface area contributed by atoms with E-state index in [2.05, 4.69) is 20.5 Å². The molecule has 24 heavy (non-hydrogen) atoms. The van der Waals surface area contributed by atoms with Crippen molar-refractivity contribution >= 4 is 39.7 Å². The minimum Gasteiger partial charge on any atom is -0.324 e. The van der Waals surface area contributed by atoms with E-state index in [1.54, 1.807) is 55.4 Å². The Kier molecular flexibility index (Phi) is 6.76. The minimum absolute atomic E-state index is 0. The quantitative estimate of drug-likeness (QED) is 0.703. The smallest absolute Gasteiger partial charge is 0.246 e. The topological polar surface area (TPSA) is 105 Å². The van der Waals surface area contributed by atoms with Gasteiger partial charge in [0.1, 0.15) is 6.04 Å². The van der Waals surface area contributed by atoms with Crippen LogP contribution in [0.2, 0.25) is 0 Å². The number of hydrogen-bond acceptors (Lipinski definition) is 5. The minimum atomic E-state index is -3.37. The van der Waals surface area contributed by atoms with Crippen molar-refractivity contribution in [2.75, 3.05) is 23.3 Å². The van der Waals surface area contributed by atoms with E-state index >= 15 is 0 Å². The van der Waals surface area contributed by atoms with Gasteiger partial charge in [0.15, 0.2) is 0 Å². The predicted octanol–water partition coefficient (Wildman–Crippen LogP) is 1.11. The van der Waals surface area contributed by atoms with Gasteiger partial charge in [-0.2, -0.15) is 5.10 Å². The molecule has 8 nitrogen and oxygen atoms in total. The molecule has 1 aromatic heterocycles. The second-order valence-electron chi connectivity index (χ2n) is 5.11. The Labute approximate surface area is 147 Å². The van der Waals surface area contributed by atoms with Gasteiger partial charge in [-0.05, 0) is 25.2 Å². The number of amides is 1. The van der Waals surface area contributed by atoms with Crippen molar-refractivity contribution < 1.29 is 13.2 Å². The summed E-state index contributed by atoms with van der Waals surface area (Å²) in [7, 11) is 0.0820. The zero-order valence-electron chi connectivity index (χ0n) is 13.5. The van der Waals surface area contributed by atoms with Crippen molar-refractivity contribution in [2.45, 2.75) is 6.04 Å². The van der Waals surface area contributed by atoms with Gasteiger partial charge in [0.2, 0.25) is 15.9 Å². The fraction of sp³-hybridized carbons (Fsp3) is 0.286. The number of nitrogens with zero attached hydrogens (tertiary/aromatic N) is 2. The monoisotopic (exact) mass is 373 g/mol. The molecule has 0 saturated heterocycles. The standard InChI is InChI=1S/C14H19N5O3S.ClH/c1-15-13(10-8-16-19(2)9-10)14(20)17-11-5-4-6-12(7-11)18-23(3,21)22;/h4-9,13,15,18H,1-3H3,(H,17,20);1H. The van der Waals surface area contributed by atoms with Gasteiger partial charge in [-0.25, -0.2) is 8.42 Å². The molecule has 10 heteroatoms. The molecule has 1 atom stereocenters. The predicted molar refractivity (Wildman–Crippen MR) is 95.8 cm³/mol. The van der Waals surface area contributed by atoms with Gasteiger partial charge in [-0.1, -0.05) is 6.07 Å². The molecule has 0 radical (unpaired) electrons. The van der Waals surface area contributed by atoms with E-state index in [1.807, 2.05) is 0 Å². The maximum Gasteiger partial charge on any atom is 0.246 e. The third-order valence-corrected chi connectivity index (χ3v) is 3.65. The number of carbonyl (C=O) groups excluding carboxylic acids is 1. The third kappa shape index (κ3) is 5.52. The van der Waals surface area contributed by atoms with Crippen LogP contribution in [0.1, 0.15) is 11.6 Å². The van der Waals surface area contributed by atoms with Crippen LogP contribution in [0.5, 0.6) is 0 Å². The highest BCUT2D eigenvalue weighted by Crippen LogP contribution is 2.19. The molecule has 0 saturated carbocycles. The van der Waals surface area contributed by atoms with Crippen LogP contribution < -0.4 is 15.4 Å². The number of anilines is 2. The zero-order chi connectivity index (χ0) is 17.0. The molecule has 2 aromatic rings. The molecular weight excluding hydrogens is 354 g/mol. The average molecular weight is 374 g/mol. The molecule has 1 heterocycles. The van der Waals surface area contributed by atoms with Crippen LogP contribution in [0.3, 0.4) is 0 Å². The third-order valence-electron chi connectivity index (χ3n) is 3.04. The van der Waals surface area contributed by atoms with Gasteiger partial charge < -0.3 is 10.6 Å². The van der Waals surface area contributed by atoms with Gasteiger partial charge in [-0.3, -0.25) is 14.2 Å². The van der Waals surface area contributed by atoms with Crippen molar-refractivity contribution in [1.82, 2.24) is 15.1 Å². The summed E-state index contributed by atoms with van der Waals surface area (Å²) in [6, 6.07) is 5.93. The highest BCUT2D eigenvalue weighted by molar-refractivity contribution is 7.92. The van der Waals surface area contributed by atoms with Crippen molar-refractivity contribution in [1.29, 1.82) is 0 Å². The zero-order valence-corrected chi connectivity index (χ0v) is 15.1. The summed E-state index contributed by atoms with van der Waals surface area (Å²) in [6.07, 6.45) is 4.43. The lowest BCUT2D eigenvalue weighted by Gasteiger charge is -2.15. The summed E-state index contributed by atoms with van der Waals surface area (Å²) < 4.78 is 26.5. The summed E-state index contributed by atoms with van der Waals surface area (Å²) in [5, 5.41) is 9.73. The van der Waals surface area contributed by atoms with Gasteiger partial charge in [0.25, 0.3) is 0 Å². The Hall–Kier alpha value is -2.10. The number of rotatable bonds is 6. The molecule has 0 aliphatic carbocycles. The van der Waals surface area contributed by atoms with Gasteiger partial charge >= 0.3 is 0 Å². The fourth-order valence-corrected chi connectivity index (χ4v) is 2.68. The average Bonchev–Trinajstić information content (AvgIpc) is 2.84. The number of aryl methyl sites for hydroxylation is 1.